The van der Waals surface area contributed by atoms with Crippen LogP contribution in [-0.4, -0.2) is 24.0 Å². The lowest BCUT2D eigenvalue weighted by molar-refractivity contribution is 0.160. The van der Waals surface area contributed by atoms with Gasteiger partial charge in [-0.3, -0.25) is 4.90 Å². The van der Waals surface area contributed by atoms with Crippen LogP contribution < -0.4 is 5.73 Å². The Balaban J connectivity index is 2.08. The van der Waals surface area contributed by atoms with E-state index in [1.165, 1.54) is 0 Å². The quantitative estimate of drug-likeness (QED) is 0.812. The molecule has 2 aliphatic heterocycles. The summed E-state index contributed by atoms with van der Waals surface area (Å²) in [4.78, 5) is 2.29. The topological polar surface area (TPSA) is 101 Å². The Labute approximate surface area is 163 Å². The van der Waals surface area contributed by atoms with Gasteiger partial charge in [0.2, 0.25) is 0 Å². The normalized spacial score (nSPS) is 31.3. The van der Waals surface area contributed by atoms with Gasteiger partial charge in [0.15, 0.2) is 5.41 Å². The van der Waals surface area contributed by atoms with Crippen molar-refractivity contribution in [2.24, 2.45) is 17.1 Å². The zero-order chi connectivity index (χ0) is 19.3. The third kappa shape index (κ3) is 2.18. The number of nitrogens with two attached hydrogens (primary N) is 1. The molecule has 2 N–H and O–H groups in total. The summed E-state index contributed by atoms with van der Waals surface area (Å²) in [6.07, 6.45) is 4.03. The molecule has 6 heteroatoms. The molecule has 0 unspecified atom stereocenters. The summed E-state index contributed by atoms with van der Waals surface area (Å²) in [7, 11) is 2.06. The number of rotatable bonds is 1. The first kappa shape index (κ1) is 17.6. The second kappa shape index (κ2) is 6.14. The summed E-state index contributed by atoms with van der Waals surface area (Å²) in [6, 6.07) is 14.2. The molecule has 0 spiro atoms. The van der Waals surface area contributed by atoms with E-state index in [1.807, 2.05) is 18.2 Å². The molecule has 1 saturated heterocycles. The predicted octanol–water partition coefficient (Wildman–Crippen LogP) is 3.23. The first-order valence-corrected chi connectivity index (χ1v) is 9.29. The molecule has 134 valence electrons. The maximum Gasteiger partial charge on any atom is 0.191 e. The van der Waals surface area contributed by atoms with E-state index in [4.69, 9.17) is 17.3 Å². The summed E-state index contributed by atoms with van der Waals surface area (Å²) in [5.74, 6) is -0.717. The molecule has 1 aliphatic carbocycles. The molecule has 0 saturated carbocycles. The smallest absolute Gasteiger partial charge is 0.191 e. The Morgan fingerprint density at radius 1 is 1.19 bits per heavy atom. The maximum absolute atomic E-state index is 10.1. The average Bonchev–Trinajstić information content (AvgIpc) is 2.91. The van der Waals surface area contributed by atoms with Gasteiger partial charge in [0.05, 0.1) is 23.4 Å². The van der Waals surface area contributed by atoms with Gasteiger partial charge >= 0.3 is 0 Å². The summed E-state index contributed by atoms with van der Waals surface area (Å²) >= 11 is 6.51. The van der Waals surface area contributed by atoms with Crippen molar-refractivity contribution < 1.29 is 0 Å². The van der Waals surface area contributed by atoms with Gasteiger partial charge in [-0.15, -0.1) is 0 Å². The van der Waals surface area contributed by atoms with Gasteiger partial charge in [0, 0.05) is 28.9 Å². The Morgan fingerprint density at radius 3 is 2.52 bits per heavy atom. The molecule has 4 rings (SSSR count). The molecule has 2 heterocycles. The molecule has 1 aromatic rings. The molecule has 1 aromatic carbocycles. The molecule has 4 atom stereocenters. The number of nitrogens with zero attached hydrogens (tertiary/aromatic N) is 4. The number of likely N-dealkylation sites (N-methyl/N-ethyl adjacent to an activating group) is 1. The van der Waals surface area contributed by atoms with Gasteiger partial charge in [0.1, 0.15) is 6.07 Å². The van der Waals surface area contributed by atoms with E-state index >= 15 is 0 Å². The highest BCUT2D eigenvalue weighted by molar-refractivity contribution is 6.31. The first-order chi connectivity index (χ1) is 13.0. The lowest BCUT2D eigenvalue weighted by Crippen LogP contribution is -2.51. The van der Waals surface area contributed by atoms with Gasteiger partial charge in [-0.05, 0) is 37.1 Å². The van der Waals surface area contributed by atoms with Gasteiger partial charge < -0.3 is 5.73 Å². The monoisotopic (exact) mass is 375 g/mol. The van der Waals surface area contributed by atoms with Crippen LogP contribution in [-0.2, 0) is 0 Å². The van der Waals surface area contributed by atoms with Gasteiger partial charge in [0.25, 0.3) is 0 Å². The van der Waals surface area contributed by atoms with Crippen LogP contribution in [0.25, 0.3) is 0 Å². The van der Waals surface area contributed by atoms with Crippen molar-refractivity contribution in [1.29, 1.82) is 15.8 Å². The number of hydrogen-bond donors (Lipinski definition) is 1. The van der Waals surface area contributed by atoms with Crippen molar-refractivity contribution in [3.05, 3.63) is 57.8 Å². The van der Waals surface area contributed by atoms with Crippen molar-refractivity contribution >= 4 is 11.6 Å². The van der Waals surface area contributed by atoms with Crippen molar-refractivity contribution in [3.8, 4) is 18.2 Å². The Morgan fingerprint density at radius 2 is 1.89 bits per heavy atom. The molecule has 0 radical (unpaired) electrons. The molecule has 0 aromatic heterocycles. The van der Waals surface area contributed by atoms with Crippen LogP contribution >= 0.6 is 11.6 Å². The SMILES string of the molecule is CN1[C@@H]2CC[C@@H]1C=C1C(C#N)=C(N)C(C#N)(C#N)[C@H](c3ccccc3Cl)[C@H]12. The molecule has 1 fully saturated rings. The fourth-order valence-corrected chi connectivity index (χ4v) is 5.41. The van der Waals surface area contributed by atoms with E-state index < -0.39 is 11.3 Å². The number of halogens is 1. The van der Waals surface area contributed by atoms with Gasteiger partial charge in [-0.1, -0.05) is 35.9 Å². The minimum Gasteiger partial charge on any atom is -0.399 e. The van der Waals surface area contributed by atoms with E-state index in [1.54, 1.807) is 6.07 Å². The predicted molar refractivity (Wildman–Crippen MR) is 101 cm³/mol. The Kier molecular flexibility index (Phi) is 4.01. The highest BCUT2D eigenvalue weighted by atomic mass is 35.5. The Bertz CT molecular complexity index is 989. The molecule has 0 amide bonds. The zero-order valence-electron chi connectivity index (χ0n) is 14.9. The fourth-order valence-electron chi connectivity index (χ4n) is 5.16. The number of allylic oxidation sites excluding steroid dienone is 2. The lowest BCUT2D eigenvalue weighted by Gasteiger charge is -2.48. The standard InChI is InChI=1S/C21H18ClN5/c1-27-12-6-7-17(27)18-14(8-12)15(9-23)20(26)21(10-24,11-25)19(18)13-4-2-3-5-16(13)22/h2-5,8,12,17-19H,6-7,26H2,1H3/t12-,17-,18-,19-/m1/s1. The molecule has 2 bridgehead atoms. The third-order valence-corrected chi connectivity index (χ3v) is 6.81. The summed E-state index contributed by atoms with van der Waals surface area (Å²) in [6.45, 7) is 0. The largest absolute Gasteiger partial charge is 0.399 e. The number of hydrogen-bond acceptors (Lipinski definition) is 5. The van der Waals surface area contributed by atoms with Crippen LogP contribution in [0.15, 0.2) is 47.2 Å². The third-order valence-electron chi connectivity index (χ3n) is 6.46. The van der Waals surface area contributed by atoms with Crippen LogP contribution in [0.5, 0.6) is 0 Å². The fraction of sp³-hybridized carbons (Fsp3) is 0.381. The molecule has 5 nitrogen and oxygen atoms in total. The van der Waals surface area contributed by atoms with Crippen LogP contribution in [0.4, 0.5) is 0 Å². The van der Waals surface area contributed by atoms with Gasteiger partial charge in [-0.25, -0.2) is 0 Å². The number of benzene rings is 1. The van der Waals surface area contributed by atoms with Crippen molar-refractivity contribution in [3.63, 3.8) is 0 Å². The highest BCUT2D eigenvalue weighted by Crippen LogP contribution is 2.58. The molecular weight excluding hydrogens is 358 g/mol. The maximum atomic E-state index is 10.1. The molecule has 27 heavy (non-hydrogen) atoms. The van der Waals surface area contributed by atoms with E-state index in [-0.39, 0.29) is 29.3 Å². The zero-order valence-corrected chi connectivity index (χ0v) is 15.6. The summed E-state index contributed by atoms with van der Waals surface area (Å²) in [5, 5.41) is 30.5. The lowest BCUT2D eigenvalue weighted by atomic mass is 9.56. The van der Waals surface area contributed by atoms with Crippen LogP contribution in [0, 0.1) is 45.3 Å². The Hall–Kier alpha value is -2.78. The molecular formula is C21H18ClN5. The van der Waals surface area contributed by atoms with Crippen molar-refractivity contribution in [1.82, 2.24) is 4.90 Å². The average molecular weight is 376 g/mol. The van der Waals surface area contributed by atoms with Gasteiger partial charge in [-0.2, -0.15) is 15.8 Å². The number of fused-ring (bicyclic) bond motifs is 4. The van der Waals surface area contributed by atoms with Crippen LogP contribution in [0.2, 0.25) is 5.02 Å². The van der Waals surface area contributed by atoms with Crippen LogP contribution in [0.3, 0.4) is 0 Å². The second-order valence-corrected chi connectivity index (χ2v) is 7.86. The van der Waals surface area contributed by atoms with Crippen molar-refractivity contribution in [2.75, 3.05) is 7.05 Å². The summed E-state index contributed by atoms with van der Waals surface area (Å²) < 4.78 is 0. The van der Waals surface area contributed by atoms with Crippen LogP contribution in [0.1, 0.15) is 24.3 Å². The number of nitriles is 3. The summed E-state index contributed by atoms with van der Waals surface area (Å²) in [5.41, 5.74) is 6.64. The van der Waals surface area contributed by atoms with E-state index in [0.29, 0.717) is 5.02 Å². The second-order valence-electron chi connectivity index (χ2n) is 7.46. The highest BCUT2D eigenvalue weighted by Gasteiger charge is 2.58. The van der Waals surface area contributed by atoms with E-state index in [9.17, 15) is 15.8 Å². The van der Waals surface area contributed by atoms with E-state index in [0.717, 1.165) is 24.0 Å². The van der Waals surface area contributed by atoms with E-state index in [2.05, 4.69) is 36.2 Å². The minimum absolute atomic E-state index is 0.0476. The molecule has 3 aliphatic rings. The minimum atomic E-state index is -1.63. The first-order valence-electron chi connectivity index (χ1n) is 8.91. The van der Waals surface area contributed by atoms with Crippen molar-refractivity contribution in [2.45, 2.75) is 30.8 Å².